The molecule has 0 saturated heterocycles. The van der Waals surface area contributed by atoms with Crippen molar-refractivity contribution in [3.05, 3.63) is 91.0 Å². The van der Waals surface area contributed by atoms with Gasteiger partial charge in [0.15, 0.2) is 0 Å². The second-order valence-corrected chi connectivity index (χ2v) is 11.2. The first-order valence-electron chi connectivity index (χ1n) is 7.54. The van der Waals surface area contributed by atoms with Crippen molar-refractivity contribution in [1.82, 2.24) is 0 Å². The number of alkyl halides is 2. The van der Waals surface area contributed by atoms with Crippen LogP contribution in [0.25, 0.3) is 0 Å². The summed E-state index contributed by atoms with van der Waals surface area (Å²) in [6.45, 7) is -2.07. The summed E-state index contributed by atoms with van der Waals surface area (Å²) >= 11 is 0. The zero-order valence-electron chi connectivity index (χ0n) is 12.9. The Labute approximate surface area is 135 Å². The van der Waals surface area contributed by atoms with Gasteiger partial charge in [0.05, 0.1) is 0 Å². The monoisotopic (exact) mass is 328 g/mol. The van der Waals surface area contributed by atoms with Crippen molar-refractivity contribution in [3.8, 4) is 0 Å². The van der Waals surface area contributed by atoms with Crippen molar-refractivity contribution in [2.75, 3.05) is 6.66 Å². The maximum absolute atomic E-state index is 14.9. The Morgan fingerprint density at radius 3 is 1.04 bits per heavy atom. The van der Waals surface area contributed by atoms with Crippen molar-refractivity contribution in [2.45, 2.75) is 6.17 Å². The summed E-state index contributed by atoms with van der Waals surface area (Å²) in [6, 6.07) is 27.7. The van der Waals surface area contributed by atoms with E-state index in [-0.39, 0.29) is 0 Å². The normalized spacial score (nSPS) is 13.5. The van der Waals surface area contributed by atoms with Gasteiger partial charge in [-0.15, -0.1) is 0 Å². The molecule has 118 valence electrons. The third kappa shape index (κ3) is 2.21. The topological polar surface area (TPSA) is 0 Å². The van der Waals surface area contributed by atoms with Gasteiger partial charge >= 0.3 is 135 Å². The van der Waals surface area contributed by atoms with Crippen LogP contribution in [-0.2, 0) is 0 Å². The Hall–Kier alpha value is -2.05. The predicted octanol–water partition coefficient (Wildman–Crippen LogP) is 4.37. The van der Waals surface area contributed by atoms with E-state index in [1.165, 1.54) is 0 Å². The summed E-state index contributed by atoms with van der Waals surface area (Å²) in [5, 5.41) is 2.14. The van der Waals surface area contributed by atoms with E-state index >= 15 is 0 Å². The van der Waals surface area contributed by atoms with Crippen LogP contribution in [0.2, 0.25) is 0 Å². The van der Waals surface area contributed by atoms with Gasteiger partial charge in [-0.2, -0.15) is 0 Å². The fraction of sp³-hybridized carbons (Fsp3) is 0.100. The van der Waals surface area contributed by atoms with Crippen molar-refractivity contribution in [1.29, 1.82) is 0 Å². The van der Waals surface area contributed by atoms with E-state index in [2.05, 4.69) is 0 Å². The van der Waals surface area contributed by atoms with Crippen LogP contribution in [0.3, 0.4) is 0 Å². The Morgan fingerprint density at radius 1 is 0.565 bits per heavy atom. The molecule has 0 bridgehead atoms. The van der Waals surface area contributed by atoms with Gasteiger partial charge in [0.2, 0.25) is 0 Å². The summed E-state index contributed by atoms with van der Waals surface area (Å²) in [6.07, 6.45) is -2.48. The molecule has 0 saturated carbocycles. The molecule has 0 aliphatic carbocycles. The number of halogens is 2. The molecule has 0 aliphatic heterocycles. The standard InChI is InChI=1S/C20H19F2P/c1-23(20(21)22,17-11-5-2-6-12-17,18-13-7-3-8-14-18)19-15-9-4-10-16-19/h2-16,20H,1H3. The molecule has 3 rings (SSSR count). The van der Waals surface area contributed by atoms with Crippen LogP contribution in [-0.4, -0.2) is 12.8 Å². The van der Waals surface area contributed by atoms with Crippen molar-refractivity contribution in [3.63, 3.8) is 0 Å². The average molecular weight is 328 g/mol. The first-order chi connectivity index (χ1) is 11.1. The molecule has 0 nitrogen and oxygen atoms in total. The van der Waals surface area contributed by atoms with E-state index in [1.807, 2.05) is 91.0 Å². The molecule has 0 radical (unpaired) electrons. The second-order valence-electron chi connectivity index (χ2n) is 5.94. The number of hydrogen-bond acceptors (Lipinski definition) is 0. The summed E-state index contributed by atoms with van der Waals surface area (Å²) in [4.78, 5) is 0. The van der Waals surface area contributed by atoms with Crippen LogP contribution in [0.4, 0.5) is 8.78 Å². The zero-order valence-corrected chi connectivity index (χ0v) is 13.8. The van der Waals surface area contributed by atoms with Crippen LogP contribution in [0.5, 0.6) is 0 Å². The molecule has 0 heterocycles. The number of benzene rings is 3. The second kappa shape index (κ2) is 5.86. The molecule has 0 aliphatic rings. The van der Waals surface area contributed by atoms with E-state index in [1.54, 1.807) is 6.66 Å². The Bertz CT molecular complexity index is 671. The molecular weight excluding hydrogens is 309 g/mol. The fourth-order valence-corrected chi connectivity index (χ4v) is 7.61. The molecule has 0 N–H and O–H groups in total. The molecule has 0 unspecified atom stereocenters. The van der Waals surface area contributed by atoms with Gasteiger partial charge in [-0.3, -0.25) is 0 Å². The molecule has 0 spiro atoms. The van der Waals surface area contributed by atoms with Crippen LogP contribution in [0.15, 0.2) is 91.0 Å². The van der Waals surface area contributed by atoms with E-state index in [4.69, 9.17) is 0 Å². The molecule has 3 aromatic carbocycles. The molecule has 0 atom stereocenters. The Kier molecular flexibility index (Phi) is 4.04. The van der Waals surface area contributed by atoms with Gasteiger partial charge in [0, 0.05) is 0 Å². The summed E-state index contributed by atoms with van der Waals surface area (Å²) < 4.78 is 29.7. The minimum atomic E-state index is -3.84. The minimum absolute atomic E-state index is 0.714. The molecule has 0 fully saturated rings. The molecule has 0 aromatic heterocycles. The van der Waals surface area contributed by atoms with Crippen LogP contribution < -0.4 is 15.9 Å². The van der Waals surface area contributed by atoms with Gasteiger partial charge in [0.25, 0.3) is 0 Å². The molecule has 3 aromatic rings. The first kappa shape index (κ1) is 15.8. The average Bonchev–Trinajstić information content (AvgIpc) is 2.63. The summed E-state index contributed by atoms with van der Waals surface area (Å²) in [7, 11) is 0. The number of rotatable bonds is 4. The molecule has 3 heteroatoms. The quantitative estimate of drug-likeness (QED) is 0.624. The fourth-order valence-electron chi connectivity index (χ4n) is 3.22. The third-order valence-corrected chi connectivity index (χ3v) is 10.6. The van der Waals surface area contributed by atoms with Crippen molar-refractivity contribution in [2.24, 2.45) is 0 Å². The molecule has 23 heavy (non-hydrogen) atoms. The van der Waals surface area contributed by atoms with Gasteiger partial charge in [-0.25, -0.2) is 0 Å². The van der Waals surface area contributed by atoms with E-state index in [0.29, 0.717) is 15.9 Å². The van der Waals surface area contributed by atoms with E-state index in [0.717, 1.165) is 0 Å². The third-order valence-electron chi connectivity index (χ3n) is 4.75. The maximum atomic E-state index is 14.9. The van der Waals surface area contributed by atoms with E-state index < -0.39 is 12.8 Å². The Balaban J connectivity index is 2.47. The van der Waals surface area contributed by atoms with Gasteiger partial charge in [0.1, 0.15) is 0 Å². The van der Waals surface area contributed by atoms with Crippen LogP contribution in [0.1, 0.15) is 0 Å². The van der Waals surface area contributed by atoms with Crippen LogP contribution >= 0.6 is 6.60 Å². The molecular formula is C20H19F2P. The van der Waals surface area contributed by atoms with Crippen molar-refractivity contribution < 1.29 is 8.78 Å². The first-order valence-corrected chi connectivity index (χ1v) is 10.3. The van der Waals surface area contributed by atoms with Crippen LogP contribution in [0, 0.1) is 0 Å². The SMILES string of the molecule is CP(c1ccccc1)(c1ccccc1)(c1ccccc1)C(F)F. The summed E-state index contributed by atoms with van der Waals surface area (Å²) in [5.74, 6) is 0. The van der Waals surface area contributed by atoms with Crippen molar-refractivity contribution >= 4 is 22.5 Å². The van der Waals surface area contributed by atoms with E-state index in [9.17, 15) is 8.78 Å². The van der Waals surface area contributed by atoms with Gasteiger partial charge in [-0.1, -0.05) is 0 Å². The predicted molar refractivity (Wildman–Crippen MR) is 97.1 cm³/mol. The number of hydrogen-bond donors (Lipinski definition) is 0. The Morgan fingerprint density at radius 2 is 0.826 bits per heavy atom. The molecule has 0 amide bonds. The summed E-state index contributed by atoms with van der Waals surface area (Å²) in [5.41, 5.74) is 0. The van der Waals surface area contributed by atoms with Gasteiger partial charge in [-0.05, 0) is 0 Å². The zero-order chi connectivity index (χ0) is 16.4. The van der Waals surface area contributed by atoms with Gasteiger partial charge < -0.3 is 0 Å².